The van der Waals surface area contributed by atoms with Crippen LogP contribution in [0.25, 0.3) is 5.70 Å². The van der Waals surface area contributed by atoms with E-state index in [1.807, 2.05) is 24.3 Å². The largest absolute Gasteiger partial charge is 0.398 e. The number of benzene rings is 2. The number of piperazine rings is 1. The lowest BCUT2D eigenvalue weighted by atomic mass is 10.1. The first kappa shape index (κ1) is 23.6. The molecule has 1 aliphatic heterocycles. The van der Waals surface area contributed by atoms with Crippen LogP contribution in [-0.2, 0) is 4.79 Å². The second kappa shape index (κ2) is 11.0. The molecule has 4 N–H and O–H groups in total. The number of amides is 1. The fraction of sp³-hybridized carbons (Fsp3) is 0.333. The van der Waals surface area contributed by atoms with Gasteiger partial charge in [-0.1, -0.05) is 25.6 Å². The molecule has 1 aliphatic carbocycles. The number of anilines is 3. The summed E-state index contributed by atoms with van der Waals surface area (Å²) in [7, 11) is 0. The van der Waals surface area contributed by atoms with Crippen LogP contribution in [0.1, 0.15) is 25.3 Å². The molecular weight excluding hydrogens is 424 g/mol. The molecule has 1 heterocycles. The Kier molecular flexibility index (Phi) is 7.65. The Morgan fingerprint density at radius 3 is 2.26 bits per heavy atom. The number of rotatable bonds is 9. The molecule has 7 heteroatoms. The van der Waals surface area contributed by atoms with Crippen LogP contribution in [0.5, 0.6) is 0 Å². The molecule has 7 nitrogen and oxygen atoms in total. The summed E-state index contributed by atoms with van der Waals surface area (Å²) < 4.78 is 0. The fourth-order valence-electron chi connectivity index (χ4n) is 3.92. The van der Waals surface area contributed by atoms with Gasteiger partial charge in [0.05, 0.1) is 0 Å². The number of nitrogens with one attached hydrogen (secondary N) is 2. The van der Waals surface area contributed by atoms with Crippen LogP contribution >= 0.6 is 0 Å². The van der Waals surface area contributed by atoms with Gasteiger partial charge < -0.3 is 26.2 Å². The van der Waals surface area contributed by atoms with E-state index in [2.05, 4.69) is 63.2 Å². The second-order valence-corrected chi connectivity index (χ2v) is 8.78. The van der Waals surface area contributed by atoms with Gasteiger partial charge in [0, 0.05) is 61.1 Å². The number of hydrogen-bond acceptors (Lipinski definition) is 6. The molecule has 1 saturated heterocycles. The lowest BCUT2D eigenvalue weighted by molar-refractivity contribution is -0.117. The maximum Gasteiger partial charge on any atom is 0.227 e. The summed E-state index contributed by atoms with van der Waals surface area (Å²) in [5.41, 5.74) is 10.6. The van der Waals surface area contributed by atoms with Crippen LogP contribution in [0.3, 0.4) is 0 Å². The summed E-state index contributed by atoms with van der Waals surface area (Å²) in [5, 5.41) is 6.14. The molecule has 178 valence electrons. The van der Waals surface area contributed by atoms with E-state index in [4.69, 9.17) is 5.73 Å². The van der Waals surface area contributed by atoms with Gasteiger partial charge in [0.2, 0.25) is 5.91 Å². The second-order valence-electron chi connectivity index (χ2n) is 8.78. The van der Waals surface area contributed by atoms with Crippen molar-refractivity contribution in [2.45, 2.75) is 19.8 Å². The maximum absolute atomic E-state index is 11.9. The van der Waals surface area contributed by atoms with Gasteiger partial charge in [0.1, 0.15) is 5.82 Å². The minimum atomic E-state index is 0.0962. The average Bonchev–Trinajstić information content (AvgIpc) is 3.71. The molecule has 0 bridgehead atoms. The maximum atomic E-state index is 11.9. The highest BCUT2D eigenvalue weighted by Crippen LogP contribution is 2.30. The van der Waals surface area contributed by atoms with E-state index in [9.17, 15) is 4.79 Å². The molecule has 0 radical (unpaired) electrons. The number of allylic oxidation sites excluding steroid dienone is 1. The van der Waals surface area contributed by atoms with E-state index >= 15 is 0 Å². The molecule has 2 fully saturated rings. The van der Waals surface area contributed by atoms with Crippen LogP contribution in [0.4, 0.5) is 17.1 Å². The zero-order chi connectivity index (χ0) is 23.9. The molecule has 0 atom stereocenters. The van der Waals surface area contributed by atoms with E-state index in [1.54, 1.807) is 12.3 Å². The molecule has 2 aromatic rings. The smallest absolute Gasteiger partial charge is 0.227 e. The predicted octanol–water partition coefficient (Wildman–Crippen LogP) is 4.13. The standard InChI is InChI=1S/C27H34N6O/c1-3-32-16-18-33(19-17-32)25-12-10-23(11-13-25)30-20(2)29-15-14-26(28)21-6-8-24(9-7-21)31-27(34)22-4-5-22/h6-15,22,30H,2-5,16-19,28H2,1H3,(H,31,34)/b26-14-,29-15?. The van der Waals surface area contributed by atoms with E-state index in [0.717, 1.165) is 62.5 Å². The Labute approximate surface area is 202 Å². The van der Waals surface area contributed by atoms with Gasteiger partial charge in [-0.2, -0.15) is 0 Å². The van der Waals surface area contributed by atoms with Crippen molar-refractivity contribution in [2.75, 3.05) is 48.3 Å². The van der Waals surface area contributed by atoms with Crippen molar-refractivity contribution in [3.05, 3.63) is 72.6 Å². The van der Waals surface area contributed by atoms with Gasteiger partial charge in [-0.05, 0) is 67.4 Å². The molecule has 1 amide bonds. The third-order valence-corrected chi connectivity index (χ3v) is 6.26. The van der Waals surface area contributed by atoms with Gasteiger partial charge in [0.15, 0.2) is 0 Å². The van der Waals surface area contributed by atoms with Crippen molar-refractivity contribution in [3.8, 4) is 0 Å². The first-order chi connectivity index (χ1) is 16.5. The van der Waals surface area contributed by atoms with Gasteiger partial charge in [-0.15, -0.1) is 0 Å². The molecular formula is C27H34N6O. The first-order valence-electron chi connectivity index (χ1n) is 12.0. The number of hydrogen-bond donors (Lipinski definition) is 3. The molecule has 0 aromatic heterocycles. The fourth-order valence-corrected chi connectivity index (χ4v) is 3.92. The third-order valence-electron chi connectivity index (χ3n) is 6.26. The van der Waals surface area contributed by atoms with Crippen molar-refractivity contribution in [2.24, 2.45) is 16.6 Å². The normalized spacial score (nSPS) is 17.1. The van der Waals surface area contributed by atoms with Gasteiger partial charge in [-0.3, -0.25) is 4.79 Å². The molecule has 1 saturated carbocycles. The minimum absolute atomic E-state index is 0.0962. The van der Waals surface area contributed by atoms with Gasteiger partial charge in [0.25, 0.3) is 0 Å². The average molecular weight is 459 g/mol. The number of nitrogens with zero attached hydrogens (tertiary/aromatic N) is 3. The molecule has 34 heavy (non-hydrogen) atoms. The minimum Gasteiger partial charge on any atom is -0.398 e. The van der Waals surface area contributed by atoms with Crippen molar-refractivity contribution in [3.63, 3.8) is 0 Å². The number of aliphatic imine (C=N–C) groups is 1. The van der Waals surface area contributed by atoms with Crippen LogP contribution in [-0.4, -0.2) is 49.7 Å². The quantitative estimate of drug-likeness (QED) is 0.492. The number of carbonyl (C=O) groups excluding carboxylic acids is 1. The molecule has 0 unspecified atom stereocenters. The zero-order valence-electron chi connectivity index (χ0n) is 19.8. The molecule has 4 rings (SSSR count). The summed E-state index contributed by atoms with van der Waals surface area (Å²) in [6, 6.07) is 15.9. The lowest BCUT2D eigenvalue weighted by Crippen LogP contribution is -2.46. The highest BCUT2D eigenvalue weighted by molar-refractivity contribution is 5.94. The lowest BCUT2D eigenvalue weighted by Gasteiger charge is -2.35. The topological polar surface area (TPSA) is 86.0 Å². The van der Waals surface area contributed by atoms with Crippen molar-refractivity contribution >= 4 is 34.9 Å². The van der Waals surface area contributed by atoms with Gasteiger partial charge in [-0.25, -0.2) is 4.99 Å². The number of carbonyl (C=O) groups is 1. The van der Waals surface area contributed by atoms with Crippen molar-refractivity contribution < 1.29 is 4.79 Å². The van der Waals surface area contributed by atoms with E-state index < -0.39 is 0 Å². The highest BCUT2D eigenvalue weighted by atomic mass is 16.2. The predicted molar refractivity (Wildman–Crippen MR) is 142 cm³/mol. The van der Waals surface area contributed by atoms with Crippen molar-refractivity contribution in [1.82, 2.24) is 4.90 Å². The summed E-state index contributed by atoms with van der Waals surface area (Å²) in [4.78, 5) is 21.1. The first-order valence-corrected chi connectivity index (χ1v) is 12.0. The summed E-state index contributed by atoms with van der Waals surface area (Å²) in [6.07, 6.45) is 5.35. The molecule has 2 aliphatic rings. The van der Waals surface area contributed by atoms with Gasteiger partial charge >= 0.3 is 0 Å². The summed E-state index contributed by atoms with van der Waals surface area (Å²) in [5.74, 6) is 0.813. The Hall–Kier alpha value is -3.58. The summed E-state index contributed by atoms with van der Waals surface area (Å²) >= 11 is 0. The zero-order valence-corrected chi connectivity index (χ0v) is 19.8. The van der Waals surface area contributed by atoms with E-state index in [1.165, 1.54) is 5.69 Å². The third kappa shape index (κ3) is 6.48. The Balaban J connectivity index is 1.25. The Morgan fingerprint density at radius 1 is 1.03 bits per heavy atom. The van der Waals surface area contributed by atoms with Crippen LogP contribution < -0.4 is 21.3 Å². The Bertz CT molecular complexity index is 1050. The van der Waals surface area contributed by atoms with Crippen LogP contribution in [0.15, 0.2) is 72.0 Å². The highest BCUT2D eigenvalue weighted by Gasteiger charge is 2.29. The molecule has 0 spiro atoms. The number of likely N-dealkylation sites (N-methyl/N-ethyl adjacent to an activating group) is 1. The summed E-state index contributed by atoms with van der Waals surface area (Å²) in [6.45, 7) is 11.6. The number of nitrogens with two attached hydrogens (primary N) is 1. The van der Waals surface area contributed by atoms with E-state index in [-0.39, 0.29) is 11.8 Å². The van der Waals surface area contributed by atoms with Crippen LogP contribution in [0, 0.1) is 5.92 Å². The monoisotopic (exact) mass is 458 g/mol. The van der Waals surface area contributed by atoms with Crippen molar-refractivity contribution in [1.29, 1.82) is 0 Å². The molecule has 2 aromatic carbocycles. The van der Waals surface area contributed by atoms with E-state index in [0.29, 0.717) is 11.5 Å². The SMILES string of the molecule is C=C(N=C/C=C(\N)c1ccc(NC(=O)C2CC2)cc1)Nc1ccc(N2CCN(CC)CC2)cc1. The van der Waals surface area contributed by atoms with Crippen LogP contribution in [0.2, 0.25) is 0 Å². The Morgan fingerprint density at radius 2 is 1.65 bits per heavy atom.